The molecule has 1 aliphatic heterocycles. The second-order valence-electron chi connectivity index (χ2n) is 6.92. The van der Waals surface area contributed by atoms with Crippen LogP contribution in [0.25, 0.3) is 10.8 Å². The van der Waals surface area contributed by atoms with Crippen molar-refractivity contribution in [2.24, 2.45) is 10.9 Å². The van der Waals surface area contributed by atoms with Gasteiger partial charge in [0.05, 0.1) is 19.8 Å². The molecule has 2 aromatic rings. The molecule has 0 aromatic heterocycles. The molecule has 5 nitrogen and oxygen atoms in total. The van der Waals surface area contributed by atoms with Crippen molar-refractivity contribution in [1.29, 1.82) is 0 Å². The zero-order chi connectivity index (χ0) is 18.7. The van der Waals surface area contributed by atoms with Gasteiger partial charge < -0.3 is 20.1 Å². The van der Waals surface area contributed by atoms with E-state index >= 15 is 0 Å². The molecular formula is C22H31N3O2. The molecule has 0 radical (unpaired) electrons. The SMILES string of the molecule is CCNC(=NCc1cccc2ccccc12)NCCCOCC1CCOC1. The van der Waals surface area contributed by atoms with Gasteiger partial charge in [-0.05, 0) is 36.1 Å². The molecule has 0 bridgehead atoms. The first-order valence-electron chi connectivity index (χ1n) is 10.0. The third kappa shape index (κ3) is 6.22. The van der Waals surface area contributed by atoms with E-state index in [2.05, 4.69) is 60.0 Å². The lowest BCUT2D eigenvalue weighted by Gasteiger charge is -2.13. The first-order chi connectivity index (χ1) is 13.4. The second kappa shape index (κ2) is 10.9. The quantitative estimate of drug-likeness (QED) is 0.404. The predicted molar refractivity (Wildman–Crippen MR) is 111 cm³/mol. The van der Waals surface area contributed by atoms with E-state index in [1.807, 2.05) is 0 Å². The fourth-order valence-electron chi connectivity index (χ4n) is 3.28. The van der Waals surface area contributed by atoms with Gasteiger partial charge in [0.25, 0.3) is 0 Å². The minimum Gasteiger partial charge on any atom is -0.381 e. The van der Waals surface area contributed by atoms with Crippen molar-refractivity contribution >= 4 is 16.7 Å². The third-order valence-corrected chi connectivity index (χ3v) is 4.77. The van der Waals surface area contributed by atoms with Crippen LogP contribution in [-0.2, 0) is 16.0 Å². The average molecular weight is 370 g/mol. The van der Waals surface area contributed by atoms with E-state index in [4.69, 9.17) is 14.5 Å². The Labute approximate surface area is 162 Å². The average Bonchev–Trinajstić information content (AvgIpc) is 3.22. The largest absolute Gasteiger partial charge is 0.381 e. The van der Waals surface area contributed by atoms with Crippen LogP contribution in [0.15, 0.2) is 47.5 Å². The lowest BCUT2D eigenvalue weighted by atomic mass is 10.1. The summed E-state index contributed by atoms with van der Waals surface area (Å²) in [6.07, 6.45) is 2.09. The number of aliphatic imine (C=N–C) groups is 1. The highest BCUT2D eigenvalue weighted by Gasteiger charge is 2.15. The number of hydrogen-bond donors (Lipinski definition) is 2. The molecule has 0 spiro atoms. The van der Waals surface area contributed by atoms with Crippen LogP contribution >= 0.6 is 0 Å². The van der Waals surface area contributed by atoms with Gasteiger partial charge in [-0.25, -0.2) is 4.99 Å². The molecule has 1 heterocycles. The van der Waals surface area contributed by atoms with Crippen molar-refractivity contribution in [2.75, 3.05) is 39.5 Å². The Balaban J connectivity index is 1.44. The minimum atomic E-state index is 0.581. The van der Waals surface area contributed by atoms with Crippen LogP contribution in [0.2, 0.25) is 0 Å². The van der Waals surface area contributed by atoms with Crippen molar-refractivity contribution in [3.63, 3.8) is 0 Å². The molecule has 3 rings (SSSR count). The van der Waals surface area contributed by atoms with Gasteiger partial charge in [-0.3, -0.25) is 0 Å². The fraction of sp³-hybridized carbons (Fsp3) is 0.500. The van der Waals surface area contributed by atoms with Gasteiger partial charge in [0, 0.05) is 32.2 Å². The van der Waals surface area contributed by atoms with Gasteiger partial charge in [-0.15, -0.1) is 0 Å². The summed E-state index contributed by atoms with van der Waals surface area (Å²) < 4.78 is 11.1. The molecule has 1 saturated heterocycles. The molecular weight excluding hydrogens is 338 g/mol. The molecule has 0 amide bonds. The lowest BCUT2D eigenvalue weighted by Crippen LogP contribution is -2.38. The van der Waals surface area contributed by atoms with E-state index in [9.17, 15) is 0 Å². The van der Waals surface area contributed by atoms with Gasteiger partial charge >= 0.3 is 0 Å². The van der Waals surface area contributed by atoms with Crippen LogP contribution in [0.1, 0.15) is 25.3 Å². The maximum absolute atomic E-state index is 5.76. The van der Waals surface area contributed by atoms with E-state index in [-0.39, 0.29) is 0 Å². The molecule has 146 valence electrons. The number of benzene rings is 2. The number of nitrogens with zero attached hydrogens (tertiary/aromatic N) is 1. The van der Waals surface area contributed by atoms with Crippen LogP contribution in [0.5, 0.6) is 0 Å². The summed E-state index contributed by atoms with van der Waals surface area (Å²) in [5, 5.41) is 9.24. The van der Waals surface area contributed by atoms with E-state index in [0.717, 1.165) is 58.3 Å². The number of nitrogens with one attached hydrogen (secondary N) is 2. The lowest BCUT2D eigenvalue weighted by molar-refractivity contribution is 0.0888. The Kier molecular flexibility index (Phi) is 7.93. The standard InChI is InChI=1S/C22H31N3O2/c1-2-23-22(24-12-6-13-26-16-18-11-14-27-17-18)25-15-20-9-5-8-19-7-3-4-10-21(19)20/h3-5,7-10,18H,2,6,11-17H2,1H3,(H2,23,24,25). The van der Waals surface area contributed by atoms with Crippen molar-refractivity contribution in [2.45, 2.75) is 26.3 Å². The van der Waals surface area contributed by atoms with Crippen LogP contribution in [0.4, 0.5) is 0 Å². The Bertz CT molecular complexity index is 721. The maximum atomic E-state index is 5.76. The smallest absolute Gasteiger partial charge is 0.191 e. The molecule has 1 atom stereocenters. The number of fused-ring (bicyclic) bond motifs is 1. The highest BCUT2D eigenvalue weighted by atomic mass is 16.5. The molecule has 1 fully saturated rings. The normalized spacial score (nSPS) is 17.4. The van der Waals surface area contributed by atoms with Gasteiger partial charge in [0.15, 0.2) is 5.96 Å². The Morgan fingerprint density at radius 3 is 2.93 bits per heavy atom. The molecule has 27 heavy (non-hydrogen) atoms. The molecule has 0 saturated carbocycles. The minimum absolute atomic E-state index is 0.581. The highest BCUT2D eigenvalue weighted by Crippen LogP contribution is 2.19. The monoisotopic (exact) mass is 369 g/mol. The number of rotatable bonds is 9. The van der Waals surface area contributed by atoms with Crippen molar-refractivity contribution in [3.8, 4) is 0 Å². The summed E-state index contributed by atoms with van der Waals surface area (Å²) in [6, 6.07) is 14.8. The number of guanidine groups is 1. The van der Waals surface area contributed by atoms with Gasteiger partial charge in [0.1, 0.15) is 0 Å². The summed E-state index contributed by atoms with van der Waals surface area (Å²) in [4.78, 5) is 4.75. The topological polar surface area (TPSA) is 54.9 Å². The van der Waals surface area contributed by atoms with E-state index in [1.165, 1.54) is 16.3 Å². The Morgan fingerprint density at radius 1 is 1.19 bits per heavy atom. The summed E-state index contributed by atoms with van der Waals surface area (Å²) >= 11 is 0. The first kappa shape index (κ1) is 19.6. The number of hydrogen-bond acceptors (Lipinski definition) is 3. The summed E-state index contributed by atoms with van der Waals surface area (Å²) in [7, 11) is 0. The summed E-state index contributed by atoms with van der Waals surface area (Å²) in [5.41, 5.74) is 1.24. The maximum Gasteiger partial charge on any atom is 0.191 e. The second-order valence-corrected chi connectivity index (χ2v) is 6.92. The molecule has 0 aliphatic carbocycles. The van der Waals surface area contributed by atoms with Gasteiger partial charge in [-0.1, -0.05) is 42.5 Å². The van der Waals surface area contributed by atoms with E-state index in [0.29, 0.717) is 12.5 Å². The number of ether oxygens (including phenoxy) is 2. The van der Waals surface area contributed by atoms with E-state index in [1.54, 1.807) is 0 Å². The summed E-state index contributed by atoms with van der Waals surface area (Å²) in [6.45, 7) is 7.76. The Hall–Kier alpha value is -2.11. The molecule has 2 aromatic carbocycles. The van der Waals surface area contributed by atoms with Crippen molar-refractivity contribution < 1.29 is 9.47 Å². The third-order valence-electron chi connectivity index (χ3n) is 4.77. The van der Waals surface area contributed by atoms with Gasteiger partial charge in [-0.2, -0.15) is 0 Å². The molecule has 5 heteroatoms. The van der Waals surface area contributed by atoms with Crippen LogP contribution in [0, 0.1) is 5.92 Å². The van der Waals surface area contributed by atoms with Crippen LogP contribution in [-0.4, -0.2) is 45.5 Å². The summed E-state index contributed by atoms with van der Waals surface area (Å²) in [5.74, 6) is 1.44. The molecule has 1 aliphatic rings. The molecule has 1 unspecified atom stereocenters. The van der Waals surface area contributed by atoms with Crippen molar-refractivity contribution in [1.82, 2.24) is 10.6 Å². The zero-order valence-corrected chi connectivity index (χ0v) is 16.2. The van der Waals surface area contributed by atoms with E-state index < -0.39 is 0 Å². The fourth-order valence-corrected chi connectivity index (χ4v) is 3.28. The predicted octanol–water partition coefficient (Wildman–Crippen LogP) is 3.34. The van der Waals surface area contributed by atoms with Crippen molar-refractivity contribution in [3.05, 3.63) is 48.0 Å². The molecule has 2 N–H and O–H groups in total. The Morgan fingerprint density at radius 2 is 2.07 bits per heavy atom. The van der Waals surface area contributed by atoms with Gasteiger partial charge in [0.2, 0.25) is 0 Å². The van der Waals surface area contributed by atoms with Crippen LogP contribution < -0.4 is 10.6 Å². The highest BCUT2D eigenvalue weighted by molar-refractivity contribution is 5.86. The van der Waals surface area contributed by atoms with Crippen LogP contribution in [0.3, 0.4) is 0 Å². The first-order valence-corrected chi connectivity index (χ1v) is 10.0. The zero-order valence-electron chi connectivity index (χ0n) is 16.2.